The summed E-state index contributed by atoms with van der Waals surface area (Å²) in [6, 6.07) is 0. The van der Waals surface area contributed by atoms with E-state index in [-0.39, 0.29) is 0 Å². The Morgan fingerprint density at radius 3 is 1.66 bits per heavy atom. The number of ether oxygens (including phenoxy) is 7. The normalized spacial score (nSPS) is 51.6. The first kappa shape index (κ1) is 39.2. The molecule has 4 rings (SSSR count). The maximum Gasteiger partial charge on any atom is 0.470 e. The van der Waals surface area contributed by atoms with E-state index in [0.29, 0.717) is 0 Å². The molecule has 0 aromatic heterocycles. The molecule has 0 saturated carbocycles. The number of hydrogen-bond donors (Lipinski definition) is 13. The molecule has 23 heteroatoms. The standard InChI is InChI=1S/C24H43O22P/c1-5-9(27)11(29)14(32)22(40-5)45-20-15(33)18(44-23-16(34)19(46-47(36,37)38)10(28)7(3-25)41-23)8(4-26)42-24(20)43-17-6(2)39-21(35)13(31)12(17)30/h5-35H,3-4H2,1-2H3,(H2,36,37,38)/t5-,6-,7+,8+,9-,10+,11+,12-,13+,14+,15-,16+,17-,18-,19-,20+,21?,22-,23-,24-/m0/s1. The zero-order valence-corrected chi connectivity index (χ0v) is 25.8. The molecule has 22 nitrogen and oxygen atoms in total. The maximum atomic E-state index is 11.6. The van der Waals surface area contributed by atoms with Gasteiger partial charge in [-0.1, -0.05) is 0 Å². The van der Waals surface area contributed by atoms with Crippen LogP contribution in [-0.2, 0) is 42.2 Å². The predicted octanol–water partition coefficient (Wildman–Crippen LogP) is -7.58. The number of rotatable bonds is 10. The molecule has 0 aromatic rings. The van der Waals surface area contributed by atoms with Crippen LogP contribution in [-0.4, -0.2) is 202 Å². The van der Waals surface area contributed by atoms with Gasteiger partial charge in [-0.25, -0.2) is 4.57 Å². The van der Waals surface area contributed by atoms with E-state index >= 15 is 0 Å². The lowest BCUT2D eigenvalue weighted by atomic mass is 9.95. The number of phosphoric acid groups is 1. The minimum Gasteiger partial charge on any atom is -0.394 e. The van der Waals surface area contributed by atoms with Gasteiger partial charge in [0.1, 0.15) is 85.5 Å². The van der Waals surface area contributed by atoms with Gasteiger partial charge >= 0.3 is 7.82 Å². The average molecular weight is 715 g/mol. The summed E-state index contributed by atoms with van der Waals surface area (Å²) >= 11 is 0. The monoisotopic (exact) mass is 714 g/mol. The molecule has 47 heavy (non-hydrogen) atoms. The molecular formula is C24H43O22P. The minimum absolute atomic E-state index is 0.961. The highest BCUT2D eigenvalue weighted by molar-refractivity contribution is 7.46. The van der Waals surface area contributed by atoms with Crippen LogP contribution in [0.2, 0.25) is 0 Å². The third-order valence-electron chi connectivity index (χ3n) is 8.36. The molecule has 4 aliphatic heterocycles. The Morgan fingerprint density at radius 2 is 1.06 bits per heavy atom. The van der Waals surface area contributed by atoms with E-state index in [0.717, 1.165) is 0 Å². The zero-order valence-electron chi connectivity index (χ0n) is 24.9. The van der Waals surface area contributed by atoms with E-state index in [1.807, 2.05) is 0 Å². The van der Waals surface area contributed by atoms with Gasteiger partial charge in [-0.15, -0.1) is 0 Å². The van der Waals surface area contributed by atoms with E-state index in [4.69, 9.17) is 33.2 Å². The molecule has 0 aliphatic carbocycles. The molecule has 4 saturated heterocycles. The summed E-state index contributed by atoms with van der Waals surface area (Å²) in [6.45, 7) is 0.762. The Kier molecular flexibility index (Phi) is 13.1. The summed E-state index contributed by atoms with van der Waals surface area (Å²) in [5.41, 5.74) is 0. The fourth-order valence-electron chi connectivity index (χ4n) is 5.71. The number of aliphatic hydroxyl groups is 11. The molecule has 0 radical (unpaired) electrons. The van der Waals surface area contributed by atoms with Gasteiger partial charge in [0.2, 0.25) is 0 Å². The van der Waals surface area contributed by atoms with Crippen LogP contribution in [0.5, 0.6) is 0 Å². The van der Waals surface area contributed by atoms with Crippen LogP contribution in [0, 0.1) is 0 Å². The lowest BCUT2D eigenvalue weighted by Crippen LogP contribution is -2.68. The Balaban J connectivity index is 1.64. The van der Waals surface area contributed by atoms with Crippen molar-refractivity contribution in [2.24, 2.45) is 0 Å². The fraction of sp³-hybridized carbons (Fsp3) is 1.00. The second-order valence-corrected chi connectivity index (χ2v) is 12.9. The molecule has 0 amide bonds. The summed E-state index contributed by atoms with van der Waals surface area (Å²) in [4.78, 5) is 18.5. The molecule has 0 aromatic carbocycles. The van der Waals surface area contributed by atoms with Crippen molar-refractivity contribution in [2.75, 3.05) is 13.2 Å². The van der Waals surface area contributed by atoms with Crippen molar-refractivity contribution >= 4 is 7.82 Å². The number of hydrogen-bond acceptors (Lipinski definition) is 20. The molecular weight excluding hydrogens is 671 g/mol. The van der Waals surface area contributed by atoms with E-state index in [1.165, 1.54) is 13.8 Å². The van der Waals surface area contributed by atoms with Gasteiger partial charge in [0, 0.05) is 0 Å². The van der Waals surface area contributed by atoms with Crippen LogP contribution >= 0.6 is 7.82 Å². The second kappa shape index (κ2) is 15.7. The summed E-state index contributed by atoms with van der Waals surface area (Å²) in [5, 5.41) is 114. The van der Waals surface area contributed by atoms with Crippen LogP contribution in [0.25, 0.3) is 0 Å². The highest BCUT2D eigenvalue weighted by Crippen LogP contribution is 2.42. The van der Waals surface area contributed by atoms with Gasteiger partial charge in [-0.3, -0.25) is 4.52 Å². The van der Waals surface area contributed by atoms with Crippen molar-refractivity contribution in [3.05, 3.63) is 0 Å². The SMILES string of the molecule is C[C@@H]1O[C@@H](O[C@H]2[C@H](O[C@@H]3[C@@H](O)[C@@H](O)C(O)O[C@H]3C)O[C@H](CO)[C@H](O[C@@H]3O[C@H](CO)[C@@H](O)[C@H](OP(=O)(O)O)[C@H]3O)[C@@H]2O)[C@H](O)[C@H](O)[C@H]1O. The van der Waals surface area contributed by atoms with Gasteiger partial charge in [0.15, 0.2) is 25.2 Å². The molecule has 0 spiro atoms. The molecule has 20 atom stereocenters. The fourth-order valence-corrected chi connectivity index (χ4v) is 6.28. The van der Waals surface area contributed by atoms with E-state index < -0.39 is 144 Å². The summed E-state index contributed by atoms with van der Waals surface area (Å²) in [6.07, 6.45) is -35.4. The van der Waals surface area contributed by atoms with Crippen LogP contribution in [0.15, 0.2) is 0 Å². The predicted molar refractivity (Wildman–Crippen MR) is 142 cm³/mol. The average Bonchev–Trinajstić information content (AvgIpc) is 3.01. The third-order valence-corrected chi connectivity index (χ3v) is 8.87. The van der Waals surface area contributed by atoms with Crippen LogP contribution < -0.4 is 0 Å². The first-order chi connectivity index (χ1) is 21.9. The molecule has 0 bridgehead atoms. The molecule has 1 unspecified atom stereocenters. The molecule has 276 valence electrons. The Hall–Kier alpha value is -0.610. The van der Waals surface area contributed by atoms with Crippen molar-refractivity contribution in [1.29, 1.82) is 0 Å². The minimum atomic E-state index is -5.34. The largest absolute Gasteiger partial charge is 0.470 e. The summed E-state index contributed by atoms with van der Waals surface area (Å²) in [5.74, 6) is 0. The first-order valence-corrected chi connectivity index (χ1v) is 16.1. The van der Waals surface area contributed by atoms with Gasteiger partial charge in [0.05, 0.1) is 25.4 Å². The van der Waals surface area contributed by atoms with Crippen LogP contribution in [0.3, 0.4) is 0 Å². The Labute approximate surface area is 266 Å². The Bertz CT molecular complexity index is 1050. The topological polar surface area (TPSA) is 354 Å². The number of phosphoric ester groups is 1. The van der Waals surface area contributed by atoms with Gasteiger partial charge in [-0.2, -0.15) is 0 Å². The zero-order chi connectivity index (χ0) is 35.1. The van der Waals surface area contributed by atoms with Gasteiger partial charge in [0.25, 0.3) is 0 Å². The lowest BCUT2D eigenvalue weighted by Gasteiger charge is -2.50. The van der Waals surface area contributed by atoms with Crippen molar-refractivity contribution in [1.82, 2.24) is 0 Å². The van der Waals surface area contributed by atoms with Gasteiger partial charge in [-0.05, 0) is 13.8 Å². The lowest BCUT2D eigenvalue weighted by molar-refractivity contribution is -0.399. The molecule has 4 heterocycles. The smallest absolute Gasteiger partial charge is 0.394 e. The molecule has 4 fully saturated rings. The van der Waals surface area contributed by atoms with Crippen LogP contribution in [0.1, 0.15) is 13.8 Å². The van der Waals surface area contributed by atoms with Crippen molar-refractivity contribution < 1.29 is 108 Å². The van der Waals surface area contributed by atoms with Crippen molar-refractivity contribution in [2.45, 2.75) is 137 Å². The Morgan fingerprint density at radius 1 is 0.511 bits per heavy atom. The maximum absolute atomic E-state index is 11.6. The van der Waals surface area contributed by atoms with Crippen LogP contribution in [0.4, 0.5) is 0 Å². The van der Waals surface area contributed by atoms with E-state index in [9.17, 15) is 70.5 Å². The molecule has 13 N–H and O–H groups in total. The van der Waals surface area contributed by atoms with Crippen molar-refractivity contribution in [3.63, 3.8) is 0 Å². The third kappa shape index (κ3) is 8.48. The first-order valence-electron chi connectivity index (χ1n) is 14.6. The van der Waals surface area contributed by atoms with Crippen molar-refractivity contribution in [3.8, 4) is 0 Å². The molecule has 4 aliphatic rings. The number of aliphatic hydroxyl groups excluding tert-OH is 11. The summed E-state index contributed by atoms with van der Waals surface area (Å²) < 4.78 is 54.9. The van der Waals surface area contributed by atoms with E-state index in [1.54, 1.807) is 0 Å². The second-order valence-electron chi connectivity index (χ2n) is 11.7. The highest BCUT2D eigenvalue weighted by atomic mass is 31.2. The summed E-state index contributed by atoms with van der Waals surface area (Å²) in [7, 11) is -5.34. The van der Waals surface area contributed by atoms with Gasteiger partial charge < -0.3 is 99.1 Å². The van der Waals surface area contributed by atoms with E-state index in [2.05, 4.69) is 4.52 Å². The quantitative estimate of drug-likeness (QED) is 0.0934. The highest BCUT2D eigenvalue weighted by Gasteiger charge is 2.56.